The third-order valence-corrected chi connectivity index (χ3v) is 4.75. The van der Waals surface area contributed by atoms with E-state index in [9.17, 15) is 9.90 Å². The molecule has 3 rings (SSSR count). The molecule has 5 heteroatoms. The van der Waals surface area contributed by atoms with Crippen molar-refractivity contribution < 1.29 is 14.6 Å². The Morgan fingerprint density at radius 2 is 2.16 bits per heavy atom. The monoisotopic (exact) mass is 340 g/mol. The van der Waals surface area contributed by atoms with Crippen LogP contribution >= 0.6 is 0 Å². The van der Waals surface area contributed by atoms with Crippen LogP contribution in [0.1, 0.15) is 36.5 Å². The number of carbonyl (C=O) groups is 1. The van der Waals surface area contributed by atoms with Crippen molar-refractivity contribution in [2.75, 3.05) is 13.7 Å². The number of amides is 1. The van der Waals surface area contributed by atoms with Crippen LogP contribution in [0, 0.1) is 0 Å². The van der Waals surface area contributed by atoms with E-state index < -0.39 is 6.10 Å². The number of nitrogens with zero attached hydrogens (tertiary/aromatic N) is 2. The van der Waals surface area contributed by atoms with Crippen LogP contribution < -0.4 is 4.74 Å². The SMILES string of the molecule is COc1ccc(C(=O)N2CCCCC2C(C)O)cc1-c1ccccn1. The Morgan fingerprint density at radius 3 is 2.84 bits per heavy atom. The molecule has 0 radical (unpaired) electrons. The van der Waals surface area contributed by atoms with Gasteiger partial charge in [-0.05, 0) is 56.5 Å². The number of likely N-dealkylation sites (tertiary alicyclic amines) is 1. The Balaban J connectivity index is 1.96. The molecule has 1 amide bonds. The average molecular weight is 340 g/mol. The van der Waals surface area contributed by atoms with E-state index in [2.05, 4.69) is 4.98 Å². The fraction of sp³-hybridized carbons (Fsp3) is 0.400. The molecule has 2 unspecified atom stereocenters. The van der Waals surface area contributed by atoms with Crippen LogP contribution in [0.25, 0.3) is 11.3 Å². The highest BCUT2D eigenvalue weighted by atomic mass is 16.5. The molecular formula is C20H24N2O3. The van der Waals surface area contributed by atoms with E-state index in [4.69, 9.17) is 4.74 Å². The third kappa shape index (κ3) is 3.66. The standard InChI is InChI=1S/C20H24N2O3/c1-14(23)18-8-4-6-12-22(18)20(24)15-9-10-19(25-2)16(13-15)17-7-3-5-11-21-17/h3,5,7,9-11,13-14,18,23H,4,6,8,12H2,1-2H3. The summed E-state index contributed by atoms with van der Waals surface area (Å²) >= 11 is 0. The van der Waals surface area contributed by atoms with Crippen molar-refractivity contribution in [2.45, 2.75) is 38.3 Å². The van der Waals surface area contributed by atoms with Crippen molar-refractivity contribution in [2.24, 2.45) is 0 Å². The summed E-state index contributed by atoms with van der Waals surface area (Å²) in [5.74, 6) is 0.631. The number of benzene rings is 1. The fourth-order valence-electron chi connectivity index (χ4n) is 3.44. The van der Waals surface area contributed by atoms with Crippen molar-refractivity contribution >= 4 is 5.91 Å². The van der Waals surface area contributed by atoms with Gasteiger partial charge in [-0.2, -0.15) is 0 Å². The molecule has 132 valence electrons. The summed E-state index contributed by atoms with van der Waals surface area (Å²) < 4.78 is 5.43. The van der Waals surface area contributed by atoms with Gasteiger partial charge in [-0.15, -0.1) is 0 Å². The maximum Gasteiger partial charge on any atom is 0.254 e. The smallest absolute Gasteiger partial charge is 0.254 e. The van der Waals surface area contributed by atoms with Gasteiger partial charge in [-0.1, -0.05) is 6.07 Å². The van der Waals surface area contributed by atoms with E-state index in [0.717, 1.165) is 30.5 Å². The van der Waals surface area contributed by atoms with Gasteiger partial charge in [0, 0.05) is 23.9 Å². The summed E-state index contributed by atoms with van der Waals surface area (Å²) in [6.45, 7) is 2.43. The zero-order chi connectivity index (χ0) is 17.8. The molecule has 2 heterocycles. The minimum absolute atomic E-state index is 0.0505. The molecule has 0 saturated carbocycles. The second-order valence-corrected chi connectivity index (χ2v) is 6.43. The molecule has 1 aliphatic rings. The predicted molar refractivity (Wildman–Crippen MR) is 96.6 cm³/mol. The van der Waals surface area contributed by atoms with Crippen LogP contribution in [-0.2, 0) is 0 Å². The molecule has 0 aliphatic carbocycles. The number of methoxy groups -OCH3 is 1. The quantitative estimate of drug-likeness (QED) is 0.929. The molecule has 25 heavy (non-hydrogen) atoms. The van der Waals surface area contributed by atoms with Gasteiger partial charge < -0.3 is 14.7 Å². The van der Waals surface area contributed by atoms with Gasteiger partial charge in [0.05, 0.1) is 24.9 Å². The minimum atomic E-state index is -0.530. The van der Waals surface area contributed by atoms with Gasteiger partial charge >= 0.3 is 0 Å². The van der Waals surface area contributed by atoms with Gasteiger partial charge in [0.2, 0.25) is 0 Å². The van der Waals surface area contributed by atoms with Crippen molar-refractivity contribution in [3.63, 3.8) is 0 Å². The first-order chi connectivity index (χ1) is 12.1. The Kier molecular flexibility index (Phi) is 5.34. The first-order valence-corrected chi connectivity index (χ1v) is 8.70. The topological polar surface area (TPSA) is 62.7 Å². The number of piperidine rings is 1. The van der Waals surface area contributed by atoms with Gasteiger partial charge in [-0.25, -0.2) is 0 Å². The maximum absolute atomic E-state index is 13.1. The average Bonchev–Trinajstić information content (AvgIpc) is 2.67. The number of pyridine rings is 1. The second-order valence-electron chi connectivity index (χ2n) is 6.43. The maximum atomic E-state index is 13.1. The fourth-order valence-corrected chi connectivity index (χ4v) is 3.44. The molecule has 2 atom stereocenters. The van der Waals surface area contributed by atoms with Gasteiger partial charge in [0.25, 0.3) is 5.91 Å². The number of aromatic nitrogens is 1. The summed E-state index contributed by atoms with van der Waals surface area (Å²) in [7, 11) is 1.61. The molecular weight excluding hydrogens is 316 g/mol. The molecule has 1 saturated heterocycles. The number of hydrogen-bond donors (Lipinski definition) is 1. The van der Waals surface area contributed by atoms with Crippen LogP contribution in [0.4, 0.5) is 0 Å². The number of carbonyl (C=O) groups excluding carboxylic acids is 1. The number of aliphatic hydroxyl groups is 1. The highest BCUT2D eigenvalue weighted by Gasteiger charge is 2.30. The molecule has 1 aromatic heterocycles. The van der Waals surface area contributed by atoms with E-state index in [-0.39, 0.29) is 11.9 Å². The number of ether oxygens (including phenoxy) is 1. The van der Waals surface area contributed by atoms with E-state index in [0.29, 0.717) is 17.9 Å². The van der Waals surface area contributed by atoms with Gasteiger partial charge in [0.15, 0.2) is 0 Å². The summed E-state index contributed by atoms with van der Waals surface area (Å²) in [5, 5.41) is 10.0. The summed E-state index contributed by atoms with van der Waals surface area (Å²) in [4.78, 5) is 19.2. The molecule has 1 aromatic carbocycles. The molecule has 2 aromatic rings. The normalized spacial score (nSPS) is 18.7. The zero-order valence-corrected chi connectivity index (χ0v) is 14.7. The van der Waals surface area contributed by atoms with Crippen LogP contribution in [0.5, 0.6) is 5.75 Å². The molecule has 1 N–H and O–H groups in total. The lowest BCUT2D eigenvalue weighted by Crippen LogP contribution is -2.48. The highest BCUT2D eigenvalue weighted by molar-refractivity contribution is 5.96. The molecule has 1 fully saturated rings. The van der Waals surface area contributed by atoms with Crippen molar-refractivity contribution in [3.05, 3.63) is 48.2 Å². The van der Waals surface area contributed by atoms with Crippen molar-refractivity contribution in [1.82, 2.24) is 9.88 Å². The summed E-state index contributed by atoms with van der Waals surface area (Å²) in [5.41, 5.74) is 2.15. The third-order valence-electron chi connectivity index (χ3n) is 4.75. The van der Waals surface area contributed by atoms with Crippen molar-refractivity contribution in [3.8, 4) is 17.0 Å². The lowest BCUT2D eigenvalue weighted by Gasteiger charge is -2.37. The Bertz CT molecular complexity index is 731. The largest absolute Gasteiger partial charge is 0.496 e. The Morgan fingerprint density at radius 1 is 1.32 bits per heavy atom. The molecule has 0 spiro atoms. The summed E-state index contributed by atoms with van der Waals surface area (Å²) in [6, 6.07) is 10.9. The first-order valence-electron chi connectivity index (χ1n) is 8.70. The van der Waals surface area contributed by atoms with Crippen LogP contribution in [-0.4, -0.2) is 46.7 Å². The summed E-state index contributed by atoms with van der Waals surface area (Å²) in [6.07, 6.45) is 4.04. The van der Waals surface area contributed by atoms with E-state index in [1.54, 1.807) is 37.3 Å². The molecule has 0 bridgehead atoms. The molecule has 1 aliphatic heterocycles. The number of rotatable bonds is 4. The lowest BCUT2D eigenvalue weighted by atomic mass is 9.96. The number of aliphatic hydroxyl groups excluding tert-OH is 1. The highest BCUT2D eigenvalue weighted by Crippen LogP contribution is 2.31. The van der Waals surface area contributed by atoms with E-state index >= 15 is 0 Å². The predicted octanol–water partition coefficient (Wildman–Crippen LogP) is 3.13. The second kappa shape index (κ2) is 7.66. The Labute approximate surface area is 148 Å². The van der Waals surface area contributed by atoms with E-state index in [1.807, 2.05) is 24.3 Å². The van der Waals surface area contributed by atoms with Crippen LogP contribution in [0.2, 0.25) is 0 Å². The minimum Gasteiger partial charge on any atom is -0.496 e. The Hall–Kier alpha value is -2.40. The zero-order valence-electron chi connectivity index (χ0n) is 14.7. The van der Waals surface area contributed by atoms with Gasteiger partial charge in [-0.3, -0.25) is 9.78 Å². The van der Waals surface area contributed by atoms with E-state index in [1.165, 1.54) is 0 Å². The van der Waals surface area contributed by atoms with Gasteiger partial charge in [0.1, 0.15) is 5.75 Å². The van der Waals surface area contributed by atoms with Crippen molar-refractivity contribution in [1.29, 1.82) is 0 Å². The molecule has 5 nitrogen and oxygen atoms in total. The number of hydrogen-bond acceptors (Lipinski definition) is 4. The first kappa shape index (κ1) is 17.4. The van der Waals surface area contributed by atoms with Crippen LogP contribution in [0.3, 0.4) is 0 Å². The lowest BCUT2D eigenvalue weighted by molar-refractivity contribution is 0.0281. The van der Waals surface area contributed by atoms with Crippen LogP contribution in [0.15, 0.2) is 42.6 Å².